The highest BCUT2D eigenvalue weighted by Crippen LogP contribution is 2.25. The summed E-state index contributed by atoms with van der Waals surface area (Å²) in [6, 6.07) is 9.50. The van der Waals surface area contributed by atoms with Crippen LogP contribution in [0.5, 0.6) is 0 Å². The van der Waals surface area contributed by atoms with E-state index < -0.39 is 18.0 Å². The lowest BCUT2D eigenvalue weighted by Gasteiger charge is -2.13. The highest BCUT2D eigenvalue weighted by atomic mass is 35.5. The Labute approximate surface area is 170 Å². The molecule has 1 N–H and O–H groups in total. The Morgan fingerprint density at radius 2 is 1.65 bits per heavy atom. The summed E-state index contributed by atoms with van der Waals surface area (Å²) in [7, 11) is 0. The number of hydrogen-bond acceptors (Lipinski definition) is 3. The lowest BCUT2D eigenvalue weighted by Crippen LogP contribution is -2.29. The number of halogens is 4. The van der Waals surface area contributed by atoms with E-state index in [0.29, 0.717) is 31.3 Å². The van der Waals surface area contributed by atoms with Crippen LogP contribution in [0.1, 0.15) is 12.5 Å². The lowest BCUT2D eigenvalue weighted by molar-refractivity contribution is -0.148. The molecule has 2 aromatic rings. The first kappa shape index (κ1) is 20.6. The number of benzene rings is 2. The molecule has 0 aliphatic rings. The number of carbonyl (C=O) groups is 2. The van der Waals surface area contributed by atoms with Crippen molar-refractivity contribution in [2.45, 2.75) is 13.0 Å². The highest BCUT2D eigenvalue weighted by molar-refractivity contribution is 6.36. The Hall–Kier alpha value is -1.72. The molecule has 4 nitrogen and oxygen atoms in total. The summed E-state index contributed by atoms with van der Waals surface area (Å²) in [6.07, 6.45) is 1.60. The zero-order valence-electron chi connectivity index (χ0n) is 13.4. The second-order valence-electron chi connectivity index (χ2n) is 5.19. The van der Waals surface area contributed by atoms with Gasteiger partial charge < -0.3 is 10.1 Å². The molecule has 1 amide bonds. The van der Waals surface area contributed by atoms with Crippen LogP contribution in [0.3, 0.4) is 0 Å². The van der Waals surface area contributed by atoms with Crippen LogP contribution in [-0.2, 0) is 14.3 Å². The number of anilines is 1. The second kappa shape index (κ2) is 9.28. The van der Waals surface area contributed by atoms with Gasteiger partial charge >= 0.3 is 5.97 Å². The number of rotatable bonds is 5. The van der Waals surface area contributed by atoms with E-state index in [0.717, 1.165) is 0 Å². The fourth-order valence-electron chi connectivity index (χ4n) is 1.89. The van der Waals surface area contributed by atoms with Gasteiger partial charge in [0.15, 0.2) is 6.10 Å². The number of carbonyl (C=O) groups excluding carboxylic acids is 2. The molecule has 136 valence electrons. The van der Waals surface area contributed by atoms with Crippen LogP contribution in [0.2, 0.25) is 20.1 Å². The third kappa shape index (κ3) is 5.92. The lowest BCUT2D eigenvalue weighted by atomic mass is 10.2. The second-order valence-corrected chi connectivity index (χ2v) is 6.88. The van der Waals surface area contributed by atoms with Gasteiger partial charge in [-0.25, -0.2) is 4.79 Å². The molecular weight excluding hydrogens is 420 g/mol. The number of amides is 1. The number of ether oxygens (including phenoxy) is 1. The van der Waals surface area contributed by atoms with Crippen LogP contribution in [0.4, 0.5) is 5.69 Å². The third-order valence-corrected chi connectivity index (χ3v) is 4.34. The summed E-state index contributed by atoms with van der Waals surface area (Å²) < 4.78 is 5.06. The summed E-state index contributed by atoms with van der Waals surface area (Å²) in [5, 5.41) is 4.16. The monoisotopic (exact) mass is 431 g/mol. The predicted molar refractivity (Wildman–Crippen MR) is 106 cm³/mol. The van der Waals surface area contributed by atoms with Crippen molar-refractivity contribution >= 4 is 70.0 Å². The van der Waals surface area contributed by atoms with E-state index in [1.165, 1.54) is 25.1 Å². The smallest absolute Gasteiger partial charge is 0.331 e. The topological polar surface area (TPSA) is 55.4 Å². The van der Waals surface area contributed by atoms with Crippen LogP contribution in [0.15, 0.2) is 42.5 Å². The summed E-state index contributed by atoms with van der Waals surface area (Å²) in [4.78, 5) is 24.0. The van der Waals surface area contributed by atoms with Crippen molar-refractivity contribution in [3.05, 3.63) is 68.1 Å². The van der Waals surface area contributed by atoms with E-state index in [1.807, 2.05) is 0 Å². The minimum Gasteiger partial charge on any atom is -0.449 e. The molecule has 0 bridgehead atoms. The minimum atomic E-state index is -1.04. The molecule has 2 rings (SSSR count). The molecule has 0 spiro atoms. The first-order valence-corrected chi connectivity index (χ1v) is 8.87. The molecular formula is C18H13Cl4NO3. The van der Waals surface area contributed by atoms with Gasteiger partial charge in [-0.3, -0.25) is 4.79 Å². The van der Waals surface area contributed by atoms with Crippen LogP contribution in [0, 0.1) is 0 Å². The van der Waals surface area contributed by atoms with Crippen molar-refractivity contribution in [3.8, 4) is 0 Å². The van der Waals surface area contributed by atoms with Gasteiger partial charge in [0.25, 0.3) is 5.91 Å². The van der Waals surface area contributed by atoms with Gasteiger partial charge in [0.1, 0.15) is 0 Å². The van der Waals surface area contributed by atoms with Crippen LogP contribution in [0.25, 0.3) is 6.08 Å². The quantitative estimate of drug-likeness (QED) is 0.473. The van der Waals surface area contributed by atoms with Gasteiger partial charge in [-0.1, -0.05) is 52.5 Å². The van der Waals surface area contributed by atoms with Gasteiger partial charge in [-0.15, -0.1) is 0 Å². The molecule has 0 fully saturated rings. The summed E-state index contributed by atoms with van der Waals surface area (Å²) in [5.41, 5.74) is 0.923. The van der Waals surface area contributed by atoms with Crippen molar-refractivity contribution in [1.82, 2.24) is 0 Å². The molecule has 0 aliphatic carbocycles. The van der Waals surface area contributed by atoms with E-state index in [4.69, 9.17) is 51.1 Å². The number of esters is 1. The Morgan fingerprint density at radius 3 is 2.35 bits per heavy atom. The van der Waals surface area contributed by atoms with Crippen LogP contribution >= 0.6 is 46.4 Å². The molecule has 26 heavy (non-hydrogen) atoms. The Bertz CT molecular complexity index is 868. The van der Waals surface area contributed by atoms with E-state index in [2.05, 4.69) is 5.32 Å². The summed E-state index contributed by atoms with van der Waals surface area (Å²) in [6.45, 7) is 1.44. The van der Waals surface area contributed by atoms with Crippen LogP contribution in [-0.4, -0.2) is 18.0 Å². The maximum atomic E-state index is 12.1. The van der Waals surface area contributed by atoms with E-state index in [-0.39, 0.29) is 0 Å². The molecule has 2 aromatic carbocycles. The first-order valence-electron chi connectivity index (χ1n) is 7.36. The van der Waals surface area contributed by atoms with Gasteiger partial charge in [0.05, 0.1) is 10.7 Å². The molecule has 0 radical (unpaired) electrons. The molecule has 0 saturated heterocycles. The SMILES string of the molecule is CC(OC(=O)C=Cc1ccc(Cl)cc1Cl)C(=O)Nc1cc(Cl)ccc1Cl. The van der Waals surface area contributed by atoms with E-state index >= 15 is 0 Å². The number of hydrogen-bond donors (Lipinski definition) is 1. The highest BCUT2D eigenvalue weighted by Gasteiger charge is 2.18. The van der Waals surface area contributed by atoms with Crippen molar-refractivity contribution < 1.29 is 14.3 Å². The molecule has 0 saturated carbocycles. The van der Waals surface area contributed by atoms with Crippen LogP contribution < -0.4 is 5.32 Å². The van der Waals surface area contributed by atoms with Gasteiger partial charge in [0.2, 0.25) is 0 Å². The van der Waals surface area contributed by atoms with Crippen molar-refractivity contribution in [3.63, 3.8) is 0 Å². The Balaban J connectivity index is 1.96. The summed E-state index contributed by atoms with van der Waals surface area (Å²) >= 11 is 23.7. The molecule has 0 heterocycles. The Kier molecular flexibility index (Phi) is 7.35. The zero-order valence-corrected chi connectivity index (χ0v) is 16.5. The average molecular weight is 433 g/mol. The van der Waals surface area contributed by atoms with Gasteiger partial charge in [0, 0.05) is 21.1 Å². The minimum absolute atomic E-state index is 0.318. The van der Waals surface area contributed by atoms with Crippen molar-refractivity contribution in [2.75, 3.05) is 5.32 Å². The largest absolute Gasteiger partial charge is 0.449 e. The molecule has 0 aliphatic heterocycles. The van der Waals surface area contributed by atoms with Gasteiger partial charge in [-0.05, 0) is 48.9 Å². The molecule has 0 aromatic heterocycles. The standard InChI is InChI=1S/C18H13Cl4NO3/c1-10(18(25)23-16-9-13(20)5-6-14(16)21)26-17(24)7-3-11-2-4-12(19)8-15(11)22/h2-10H,1H3,(H,23,25). The normalized spacial score (nSPS) is 12.0. The number of nitrogens with one attached hydrogen (secondary N) is 1. The zero-order chi connectivity index (χ0) is 19.3. The molecule has 1 unspecified atom stereocenters. The van der Waals surface area contributed by atoms with Crippen molar-refractivity contribution in [1.29, 1.82) is 0 Å². The van der Waals surface area contributed by atoms with Gasteiger partial charge in [-0.2, -0.15) is 0 Å². The molecule has 8 heteroatoms. The first-order chi connectivity index (χ1) is 12.3. The predicted octanol–water partition coefficient (Wildman–Crippen LogP) is 5.88. The van der Waals surface area contributed by atoms with Crippen molar-refractivity contribution in [2.24, 2.45) is 0 Å². The summed E-state index contributed by atoms with van der Waals surface area (Å²) in [5.74, 6) is -1.24. The third-order valence-electron chi connectivity index (χ3n) is 3.21. The molecule has 1 atom stereocenters. The fraction of sp³-hybridized carbons (Fsp3) is 0.111. The average Bonchev–Trinajstić information content (AvgIpc) is 2.57. The van der Waals surface area contributed by atoms with E-state index in [9.17, 15) is 9.59 Å². The maximum Gasteiger partial charge on any atom is 0.331 e. The van der Waals surface area contributed by atoms with E-state index in [1.54, 1.807) is 30.3 Å². The maximum absolute atomic E-state index is 12.1. The fourth-order valence-corrected chi connectivity index (χ4v) is 2.70. The Morgan fingerprint density at radius 1 is 1.00 bits per heavy atom.